The lowest BCUT2D eigenvalue weighted by atomic mass is 10.2. The average molecular weight is 426 g/mol. The first-order valence-corrected chi connectivity index (χ1v) is 10.6. The van der Waals surface area contributed by atoms with Crippen molar-refractivity contribution in [3.63, 3.8) is 0 Å². The predicted octanol–water partition coefficient (Wildman–Crippen LogP) is 4.56. The molecule has 8 heteroatoms. The van der Waals surface area contributed by atoms with Gasteiger partial charge in [0.15, 0.2) is 0 Å². The summed E-state index contributed by atoms with van der Waals surface area (Å²) in [5.74, 6) is 1.25. The molecule has 0 saturated carbocycles. The summed E-state index contributed by atoms with van der Waals surface area (Å²) in [6.45, 7) is 3.33. The molecular formula is C22H22N2O5S. The molecule has 0 aliphatic carbocycles. The van der Waals surface area contributed by atoms with Gasteiger partial charge in [-0.2, -0.15) is 0 Å². The van der Waals surface area contributed by atoms with E-state index in [4.69, 9.17) is 9.47 Å². The highest BCUT2D eigenvalue weighted by atomic mass is 32.2. The summed E-state index contributed by atoms with van der Waals surface area (Å²) in [6, 6.07) is 18.5. The zero-order valence-electron chi connectivity index (χ0n) is 16.8. The fraction of sp³-hybridized carbons (Fsp3) is 0.136. The molecule has 0 fully saturated rings. The molecule has 0 unspecified atom stereocenters. The SMILES string of the molecule is COc1cc(S(=O)(=O)Nc2ccc(Oc3cccc(C)c3)cc2)ccc1NC(C)=O. The molecule has 0 atom stereocenters. The zero-order chi connectivity index (χ0) is 21.7. The van der Waals surface area contributed by atoms with Gasteiger partial charge in [0.25, 0.3) is 10.0 Å². The summed E-state index contributed by atoms with van der Waals surface area (Å²) in [4.78, 5) is 11.3. The Morgan fingerprint density at radius 2 is 1.67 bits per heavy atom. The molecule has 0 radical (unpaired) electrons. The van der Waals surface area contributed by atoms with Crippen LogP contribution in [0.25, 0.3) is 0 Å². The molecule has 0 bridgehead atoms. The fourth-order valence-electron chi connectivity index (χ4n) is 2.75. The number of benzene rings is 3. The van der Waals surface area contributed by atoms with Crippen LogP contribution in [0, 0.1) is 6.92 Å². The van der Waals surface area contributed by atoms with Crippen LogP contribution in [0.5, 0.6) is 17.2 Å². The number of anilines is 2. The molecule has 156 valence electrons. The summed E-state index contributed by atoms with van der Waals surface area (Å²) < 4.78 is 38.9. The van der Waals surface area contributed by atoms with Gasteiger partial charge in [-0.3, -0.25) is 9.52 Å². The van der Waals surface area contributed by atoms with Crippen molar-refractivity contribution < 1.29 is 22.7 Å². The van der Waals surface area contributed by atoms with E-state index in [9.17, 15) is 13.2 Å². The Kier molecular flexibility index (Phi) is 6.27. The average Bonchev–Trinajstić information content (AvgIpc) is 2.69. The van der Waals surface area contributed by atoms with Gasteiger partial charge in [0, 0.05) is 18.7 Å². The number of amides is 1. The monoisotopic (exact) mass is 426 g/mol. The number of ether oxygens (including phenoxy) is 2. The molecule has 0 spiro atoms. The lowest BCUT2D eigenvalue weighted by molar-refractivity contribution is -0.114. The van der Waals surface area contributed by atoms with Gasteiger partial charge in [-0.1, -0.05) is 12.1 Å². The van der Waals surface area contributed by atoms with Gasteiger partial charge in [0.1, 0.15) is 17.2 Å². The number of nitrogens with one attached hydrogen (secondary N) is 2. The van der Waals surface area contributed by atoms with Gasteiger partial charge in [0.05, 0.1) is 17.7 Å². The maximum absolute atomic E-state index is 12.7. The summed E-state index contributed by atoms with van der Waals surface area (Å²) in [5, 5.41) is 2.59. The van der Waals surface area contributed by atoms with Gasteiger partial charge in [-0.15, -0.1) is 0 Å². The molecule has 0 heterocycles. The van der Waals surface area contributed by atoms with Gasteiger partial charge in [-0.25, -0.2) is 8.42 Å². The predicted molar refractivity (Wildman–Crippen MR) is 116 cm³/mol. The minimum absolute atomic E-state index is 0.00791. The zero-order valence-corrected chi connectivity index (χ0v) is 17.6. The molecule has 30 heavy (non-hydrogen) atoms. The number of methoxy groups -OCH3 is 1. The van der Waals surface area contributed by atoms with Crippen LogP contribution >= 0.6 is 0 Å². The fourth-order valence-corrected chi connectivity index (χ4v) is 3.83. The van der Waals surface area contributed by atoms with E-state index in [1.54, 1.807) is 24.3 Å². The molecule has 0 saturated heterocycles. The van der Waals surface area contributed by atoms with E-state index >= 15 is 0 Å². The molecular weight excluding hydrogens is 404 g/mol. The highest BCUT2D eigenvalue weighted by molar-refractivity contribution is 7.92. The van der Waals surface area contributed by atoms with Gasteiger partial charge >= 0.3 is 0 Å². The summed E-state index contributed by atoms with van der Waals surface area (Å²) in [7, 11) is -2.45. The van der Waals surface area contributed by atoms with E-state index in [0.717, 1.165) is 5.56 Å². The van der Waals surface area contributed by atoms with Crippen molar-refractivity contribution in [1.29, 1.82) is 0 Å². The second-order valence-electron chi connectivity index (χ2n) is 6.59. The van der Waals surface area contributed by atoms with Gasteiger partial charge in [0.2, 0.25) is 5.91 Å². The van der Waals surface area contributed by atoms with Crippen molar-refractivity contribution in [2.45, 2.75) is 18.7 Å². The summed E-state index contributed by atoms with van der Waals surface area (Å²) >= 11 is 0. The Balaban J connectivity index is 1.75. The Bertz CT molecular complexity index is 1160. The van der Waals surface area contributed by atoms with Crippen LogP contribution in [-0.4, -0.2) is 21.4 Å². The second kappa shape index (κ2) is 8.87. The third-order valence-corrected chi connectivity index (χ3v) is 5.50. The highest BCUT2D eigenvalue weighted by Crippen LogP contribution is 2.29. The maximum atomic E-state index is 12.7. The van der Waals surface area contributed by atoms with Crippen molar-refractivity contribution in [1.82, 2.24) is 0 Å². The normalized spacial score (nSPS) is 10.9. The Morgan fingerprint density at radius 3 is 2.30 bits per heavy atom. The molecule has 0 aromatic heterocycles. The van der Waals surface area contributed by atoms with Gasteiger partial charge in [-0.05, 0) is 61.0 Å². The summed E-state index contributed by atoms with van der Waals surface area (Å²) in [5.41, 5.74) is 1.86. The lowest BCUT2D eigenvalue weighted by Gasteiger charge is -2.13. The molecule has 0 aliphatic heterocycles. The number of carbonyl (C=O) groups excluding carboxylic acids is 1. The number of hydrogen-bond donors (Lipinski definition) is 2. The molecule has 2 N–H and O–H groups in total. The van der Waals surface area contributed by atoms with Crippen LogP contribution < -0.4 is 19.5 Å². The van der Waals surface area contributed by atoms with Crippen LogP contribution in [0.15, 0.2) is 71.6 Å². The third kappa shape index (κ3) is 5.30. The molecule has 0 aliphatic rings. The van der Waals surface area contributed by atoms with E-state index in [1.807, 2.05) is 31.2 Å². The Hall–Kier alpha value is -3.52. The smallest absolute Gasteiger partial charge is 0.262 e. The largest absolute Gasteiger partial charge is 0.495 e. The first kappa shape index (κ1) is 21.2. The topological polar surface area (TPSA) is 93.7 Å². The first-order chi connectivity index (χ1) is 14.3. The number of carbonyl (C=O) groups is 1. The van der Waals surface area contributed by atoms with Crippen LogP contribution in [0.1, 0.15) is 12.5 Å². The van der Waals surface area contributed by atoms with Crippen molar-refractivity contribution in [3.8, 4) is 17.2 Å². The minimum atomic E-state index is -3.85. The number of rotatable bonds is 7. The maximum Gasteiger partial charge on any atom is 0.262 e. The summed E-state index contributed by atoms with van der Waals surface area (Å²) in [6.07, 6.45) is 0. The van der Waals surface area contributed by atoms with Crippen LogP contribution in [0.3, 0.4) is 0 Å². The Morgan fingerprint density at radius 1 is 0.933 bits per heavy atom. The molecule has 1 amide bonds. The molecule has 7 nitrogen and oxygen atoms in total. The number of aryl methyl sites for hydroxylation is 1. The highest BCUT2D eigenvalue weighted by Gasteiger charge is 2.17. The lowest BCUT2D eigenvalue weighted by Crippen LogP contribution is -2.14. The van der Waals surface area contributed by atoms with Crippen LogP contribution in [0.2, 0.25) is 0 Å². The van der Waals surface area contributed by atoms with Crippen molar-refractivity contribution in [3.05, 3.63) is 72.3 Å². The number of sulfonamides is 1. The first-order valence-electron chi connectivity index (χ1n) is 9.10. The standard InChI is InChI=1S/C22H22N2O5S/c1-15-5-4-6-19(13-15)29-18-9-7-17(8-10-18)24-30(26,27)20-11-12-21(23-16(2)25)22(14-20)28-3/h4-14,24H,1-3H3,(H,23,25). The van der Waals surface area contributed by atoms with Crippen LogP contribution in [0.4, 0.5) is 11.4 Å². The van der Waals surface area contributed by atoms with Crippen LogP contribution in [-0.2, 0) is 14.8 Å². The molecule has 3 aromatic rings. The van der Waals surface area contributed by atoms with E-state index in [-0.39, 0.29) is 16.6 Å². The molecule has 3 rings (SSSR count). The van der Waals surface area contributed by atoms with Gasteiger partial charge < -0.3 is 14.8 Å². The third-order valence-electron chi connectivity index (χ3n) is 4.13. The van der Waals surface area contributed by atoms with E-state index in [1.165, 1.54) is 32.2 Å². The van der Waals surface area contributed by atoms with Crippen molar-refractivity contribution in [2.75, 3.05) is 17.1 Å². The Labute approximate surface area is 175 Å². The quantitative estimate of drug-likeness (QED) is 0.578. The van der Waals surface area contributed by atoms with E-state index in [0.29, 0.717) is 22.9 Å². The van der Waals surface area contributed by atoms with E-state index in [2.05, 4.69) is 10.0 Å². The number of hydrogen-bond acceptors (Lipinski definition) is 5. The van der Waals surface area contributed by atoms with E-state index < -0.39 is 10.0 Å². The van der Waals surface area contributed by atoms with Crippen molar-refractivity contribution in [2.24, 2.45) is 0 Å². The minimum Gasteiger partial charge on any atom is -0.495 e. The second-order valence-corrected chi connectivity index (χ2v) is 8.27. The molecule has 3 aromatic carbocycles. The van der Waals surface area contributed by atoms with Crippen molar-refractivity contribution >= 4 is 27.3 Å².